The summed E-state index contributed by atoms with van der Waals surface area (Å²) < 4.78 is 25.3. The lowest BCUT2D eigenvalue weighted by molar-refractivity contribution is 0.454. The first kappa shape index (κ1) is 12.6. The second-order valence-electron chi connectivity index (χ2n) is 4.48. The van der Waals surface area contributed by atoms with Crippen molar-refractivity contribution in [3.63, 3.8) is 0 Å². The summed E-state index contributed by atoms with van der Waals surface area (Å²) in [4.78, 5) is 4.13. The fourth-order valence-corrected chi connectivity index (χ4v) is 3.96. The first-order valence-electron chi connectivity index (χ1n) is 6.04. The quantitative estimate of drug-likeness (QED) is 0.864. The Hall–Kier alpha value is -0.880. The number of sulfone groups is 1. The van der Waals surface area contributed by atoms with Gasteiger partial charge >= 0.3 is 0 Å². The highest BCUT2D eigenvalue weighted by molar-refractivity contribution is 7.91. The smallest absolute Gasteiger partial charge is 0.152 e. The second kappa shape index (κ2) is 5.18. The zero-order valence-corrected chi connectivity index (χ0v) is 10.9. The molecule has 1 atom stereocenters. The maximum atomic E-state index is 11.6. The SMILES string of the molecule is CCNCc1cncn1C1CCCS(=O)(=O)C1. The van der Waals surface area contributed by atoms with Gasteiger partial charge in [0.2, 0.25) is 0 Å². The van der Waals surface area contributed by atoms with Gasteiger partial charge in [-0.3, -0.25) is 0 Å². The minimum absolute atomic E-state index is 0.0601. The number of hydrogen-bond acceptors (Lipinski definition) is 4. The molecule has 0 radical (unpaired) electrons. The van der Waals surface area contributed by atoms with E-state index >= 15 is 0 Å². The molecule has 1 aliphatic rings. The molecule has 1 fully saturated rings. The largest absolute Gasteiger partial charge is 0.329 e. The molecule has 1 N–H and O–H groups in total. The molecule has 1 aromatic rings. The van der Waals surface area contributed by atoms with Gasteiger partial charge in [0.05, 0.1) is 23.5 Å². The lowest BCUT2D eigenvalue weighted by atomic mass is 10.2. The van der Waals surface area contributed by atoms with Crippen LogP contribution in [0.25, 0.3) is 0 Å². The van der Waals surface area contributed by atoms with Gasteiger partial charge in [0.25, 0.3) is 0 Å². The monoisotopic (exact) mass is 257 g/mol. The zero-order valence-electron chi connectivity index (χ0n) is 10.1. The van der Waals surface area contributed by atoms with Gasteiger partial charge < -0.3 is 9.88 Å². The molecule has 0 bridgehead atoms. The number of nitrogens with zero attached hydrogens (tertiary/aromatic N) is 2. The molecule has 1 saturated heterocycles. The standard InChI is InChI=1S/C11H19N3O2S/c1-2-12-6-11-7-13-9-14(11)10-4-3-5-17(15,16)8-10/h7,9-10,12H,2-6,8H2,1H3. The summed E-state index contributed by atoms with van der Waals surface area (Å²) in [5.41, 5.74) is 1.06. The van der Waals surface area contributed by atoms with Crippen molar-refractivity contribution in [1.82, 2.24) is 14.9 Å². The van der Waals surface area contributed by atoms with E-state index in [4.69, 9.17) is 0 Å². The lowest BCUT2D eigenvalue weighted by Crippen LogP contribution is -2.29. The molecule has 0 aromatic carbocycles. The van der Waals surface area contributed by atoms with E-state index in [0.717, 1.165) is 31.6 Å². The number of nitrogens with one attached hydrogen (secondary N) is 1. The van der Waals surface area contributed by atoms with Gasteiger partial charge in [0.15, 0.2) is 9.84 Å². The molecule has 1 aromatic heterocycles. The molecule has 0 spiro atoms. The van der Waals surface area contributed by atoms with Crippen molar-refractivity contribution in [1.29, 1.82) is 0 Å². The molecule has 2 rings (SSSR count). The van der Waals surface area contributed by atoms with E-state index in [9.17, 15) is 8.42 Å². The number of hydrogen-bond donors (Lipinski definition) is 1. The van der Waals surface area contributed by atoms with E-state index < -0.39 is 9.84 Å². The van der Waals surface area contributed by atoms with Gasteiger partial charge in [-0.05, 0) is 19.4 Å². The van der Waals surface area contributed by atoms with Crippen LogP contribution < -0.4 is 5.32 Å². The van der Waals surface area contributed by atoms with Crippen LogP contribution >= 0.6 is 0 Å². The molecule has 96 valence electrons. The topological polar surface area (TPSA) is 64.0 Å². The van der Waals surface area contributed by atoms with Gasteiger partial charge in [-0.1, -0.05) is 6.92 Å². The summed E-state index contributed by atoms with van der Waals surface area (Å²) in [5.74, 6) is 0.587. The van der Waals surface area contributed by atoms with Crippen LogP contribution in [0.3, 0.4) is 0 Å². The van der Waals surface area contributed by atoms with Crippen molar-refractivity contribution in [2.75, 3.05) is 18.1 Å². The van der Waals surface area contributed by atoms with Crippen LogP contribution in [0.1, 0.15) is 31.5 Å². The predicted octanol–water partition coefficient (Wildman–Crippen LogP) is 0.742. The second-order valence-corrected chi connectivity index (χ2v) is 6.71. The minimum atomic E-state index is -2.86. The molecule has 17 heavy (non-hydrogen) atoms. The summed E-state index contributed by atoms with van der Waals surface area (Å²) >= 11 is 0. The maximum absolute atomic E-state index is 11.6. The summed E-state index contributed by atoms with van der Waals surface area (Å²) in [7, 11) is -2.86. The fourth-order valence-electron chi connectivity index (χ4n) is 2.27. The first-order chi connectivity index (χ1) is 8.12. The minimum Gasteiger partial charge on any atom is -0.329 e. The molecule has 0 saturated carbocycles. The summed E-state index contributed by atoms with van der Waals surface area (Å²) in [5, 5.41) is 3.24. The Kier molecular flexibility index (Phi) is 3.83. The Morgan fingerprint density at radius 3 is 3.12 bits per heavy atom. The highest BCUT2D eigenvalue weighted by Gasteiger charge is 2.26. The van der Waals surface area contributed by atoms with Crippen LogP contribution in [-0.2, 0) is 16.4 Å². The fraction of sp³-hybridized carbons (Fsp3) is 0.727. The van der Waals surface area contributed by atoms with Gasteiger partial charge in [-0.2, -0.15) is 0 Å². The molecule has 5 nitrogen and oxygen atoms in total. The van der Waals surface area contributed by atoms with E-state index in [2.05, 4.69) is 10.3 Å². The maximum Gasteiger partial charge on any atom is 0.152 e. The third-order valence-electron chi connectivity index (χ3n) is 3.13. The van der Waals surface area contributed by atoms with Crippen LogP contribution in [0.2, 0.25) is 0 Å². The molecule has 0 aliphatic carbocycles. The van der Waals surface area contributed by atoms with Gasteiger partial charge in [0, 0.05) is 18.8 Å². The third-order valence-corrected chi connectivity index (χ3v) is 4.94. The molecule has 2 heterocycles. The van der Waals surface area contributed by atoms with Crippen molar-refractivity contribution in [2.24, 2.45) is 0 Å². The van der Waals surface area contributed by atoms with E-state index in [0.29, 0.717) is 5.75 Å². The highest BCUT2D eigenvalue weighted by Crippen LogP contribution is 2.24. The van der Waals surface area contributed by atoms with Crippen molar-refractivity contribution in [2.45, 2.75) is 32.4 Å². The average Bonchev–Trinajstić information content (AvgIpc) is 2.73. The van der Waals surface area contributed by atoms with Crippen LogP contribution in [0, 0.1) is 0 Å². The van der Waals surface area contributed by atoms with Crippen LogP contribution in [0.4, 0.5) is 0 Å². The van der Waals surface area contributed by atoms with Gasteiger partial charge in [-0.25, -0.2) is 13.4 Å². The molecule has 1 unspecified atom stereocenters. The van der Waals surface area contributed by atoms with Gasteiger partial charge in [-0.15, -0.1) is 0 Å². The molecule has 0 amide bonds. The molecule has 1 aliphatic heterocycles. The first-order valence-corrected chi connectivity index (χ1v) is 7.86. The van der Waals surface area contributed by atoms with E-state index in [1.165, 1.54) is 0 Å². The van der Waals surface area contributed by atoms with E-state index in [-0.39, 0.29) is 11.8 Å². The van der Waals surface area contributed by atoms with E-state index in [1.54, 1.807) is 6.33 Å². The Morgan fingerprint density at radius 2 is 2.41 bits per heavy atom. The average molecular weight is 257 g/mol. The molecular formula is C11H19N3O2S. The summed E-state index contributed by atoms with van der Waals surface area (Å²) in [6, 6.07) is 0.0601. The normalized spacial score (nSPS) is 23.7. The Morgan fingerprint density at radius 1 is 1.59 bits per heavy atom. The van der Waals surface area contributed by atoms with Gasteiger partial charge in [0.1, 0.15) is 0 Å². The predicted molar refractivity (Wildman–Crippen MR) is 66.5 cm³/mol. The highest BCUT2D eigenvalue weighted by atomic mass is 32.2. The summed E-state index contributed by atoms with van der Waals surface area (Å²) in [6.45, 7) is 3.69. The summed E-state index contributed by atoms with van der Waals surface area (Å²) in [6.07, 6.45) is 5.24. The Bertz CT molecular complexity index is 467. The number of imidazole rings is 1. The zero-order chi connectivity index (χ0) is 12.3. The lowest BCUT2D eigenvalue weighted by Gasteiger charge is -2.24. The van der Waals surface area contributed by atoms with Crippen LogP contribution in [-0.4, -0.2) is 36.0 Å². The number of rotatable bonds is 4. The Balaban J connectivity index is 2.13. The molecular weight excluding hydrogens is 238 g/mol. The number of aromatic nitrogens is 2. The van der Waals surface area contributed by atoms with Crippen molar-refractivity contribution >= 4 is 9.84 Å². The van der Waals surface area contributed by atoms with Crippen LogP contribution in [0.5, 0.6) is 0 Å². The van der Waals surface area contributed by atoms with E-state index in [1.807, 2.05) is 17.7 Å². The van der Waals surface area contributed by atoms with Crippen molar-refractivity contribution in [3.05, 3.63) is 18.2 Å². The molecule has 6 heteroatoms. The third kappa shape index (κ3) is 3.07. The van der Waals surface area contributed by atoms with Crippen molar-refractivity contribution < 1.29 is 8.42 Å². The van der Waals surface area contributed by atoms with Crippen molar-refractivity contribution in [3.8, 4) is 0 Å². The van der Waals surface area contributed by atoms with Crippen LogP contribution in [0.15, 0.2) is 12.5 Å². The Labute approximate surface area is 102 Å².